The lowest BCUT2D eigenvalue weighted by atomic mass is 10.1. The summed E-state index contributed by atoms with van der Waals surface area (Å²) in [6.45, 7) is 5.39. The Hall–Kier alpha value is -1.84. The number of hydrogen-bond donors (Lipinski definition) is 1. The topological polar surface area (TPSA) is 18.5 Å². The minimum atomic E-state index is 0.372. The summed E-state index contributed by atoms with van der Waals surface area (Å²) < 4.78 is 0. The fourth-order valence-electron chi connectivity index (χ4n) is 2.70. The molecule has 1 aliphatic heterocycles. The Bertz CT molecular complexity index is 539. The fraction of sp³-hybridized carbons (Fsp3) is 0.294. The van der Waals surface area contributed by atoms with E-state index in [-0.39, 0.29) is 0 Å². The number of benzene rings is 2. The largest absolute Gasteiger partial charge is 0.293 e. The molecular weight excluding hydrogens is 246 g/mol. The van der Waals surface area contributed by atoms with Crippen molar-refractivity contribution in [2.45, 2.75) is 25.9 Å². The van der Waals surface area contributed by atoms with Crippen LogP contribution in [0, 0.1) is 0 Å². The highest BCUT2D eigenvalue weighted by atomic mass is 15.8. The van der Waals surface area contributed by atoms with E-state index >= 15 is 0 Å². The van der Waals surface area contributed by atoms with E-state index in [4.69, 9.17) is 0 Å². The van der Waals surface area contributed by atoms with Crippen molar-refractivity contribution in [1.29, 1.82) is 0 Å². The number of hydrazine groups is 2. The van der Waals surface area contributed by atoms with Crippen LogP contribution in [-0.2, 0) is 0 Å². The molecule has 0 aromatic heterocycles. The summed E-state index contributed by atoms with van der Waals surface area (Å²) in [6, 6.07) is 22.0. The monoisotopic (exact) mass is 267 g/mol. The average molecular weight is 267 g/mol. The van der Waals surface area contributed by atoms with E-state index in [0.29, 0.717) is 12.1 Å². The normalized spacial score (nSPS) is 19.8. The lowest BCUT2D eigenvalue weighted by Gasteiger charge is -2.27. The molecule has 1 atom stereocenters. The molecular formula is C17H21N3. The van der Waals surface area contributed by atoms with E-state index in [0.717, 1.165) is 6.54 Å². The highest BCUT2D eigenvalue weighted by Gasteiger charge is 2.33. The predicted molar refractivity (Wildman–Crippen MR) is 83.1 cm³/mol. The Morgan fingerprint density at radius 1 is 0.950 bits per heavy atom. The van der Waals surface area contributed by atoms with Crippen LogP contribution in [0.2, 0.25) is 0 Å². The maximum Gasteiger partial charge on any atom is 0.0704 e. The van der Waals surface area contributed by atoms with Crippen LogP contribution in [0.4, 0.5) is 5.69 Å². The Labute approximate surface area is 120 Å². The molecule has 20 heavy (non-hydrogen) atoms. The number of rotatable bonds is 3. The summed E-state index contributed by atoms with van der Waals surface area (Å²) in [6.07, 6.45) is 0. The summed E-state index contributed by atoms with van der Waals surface area (Å²) in [5.74, 6) is 0. The van der Waals surface area contributed by atoms with Crippen LogP contribution in [0.1, 0.15) is 25.5 Å². The predicted octanol–water partition coefficient (Wildman–Crippen LogP) is 3.38. The van der Waals surface area contributed by atoms with Crippen molar-refractivity contribution in [3.8, 4) is 0 Å². The fourth-order valence-corrected chi connectivity index (χ4v) is 2.70. The van der Waals surface area contributed by atoms with E-state index in [2.05, 4.69) is 90.1 Å². The maximum absolute atomic E-state index is 3.52. The Kier molecular flexibility index (Phi) is 3.72. The van der Waals surface area contributed by atoms with Crippen LogP contribution >= 0.6 is 0 Å². The van der Waals surface area contributed by atoms with E-state index in [1.165, 1.54) is 11.3 Å². The van der Waals surface area contributed by atoms with Crippen molar-refractivity contribution in [3.63, 3.8) is 0 Å². The van der Waals surface area contributed by atoms with Crippen LogP contribution in [-0.4, -0.2) is 17.6 Å². The Morgan fingerprint density at radius 2 is 1.55 bits per heavy atom. The highest BCUT2D eigenvalue weighted by Crippen LogP contribution is 2.29. The molecule has 2 aromatic rings. The van der Waals surface area contributed by atoms with Gasteiger partial charge in [0.25, 0.3) is 0 Å². The van der Waals surface area contributed by atoms with E-state index in [9.17, 15) is 0 Å². The van der Waals surface area contributed by atoms with E-state index in [1.54, 1.807) is 0 Å². The Balaban J connectivity index is 1.87. The van der Waals surface area contributed by atoms with Crippen molar-refractivity contribution in [2.75, 3.05) is 11.6 Å². The molecule has 2 aromatic carbocycles. The number of nitrogens with one attached hydrogen (secondary N) is 1. The number of hydrogen-bond acceptors (Lipinski definition) is 3. The lowest BCUT2D eigenvalue weighted by Crippen LogP contribution is -2.43. The van der Waals surface area contributed by atoms with Gasteiger partial charge in [0, 0.05) is 6.04 Å². The summed E-state index contributed by atoms with van der Waals surface area (Å²) >= 11 is 0. The molecule has 3 heteroatoms. The van der Waals surface area contributed by atoms with Gasteiger partial charge in [0.05, 0.1) is 18.3 Å². The van der Waals surface area contributed by atoms with Gasteiger partial charge in [-0.15, -0.1) is 0 Å². The minimum absolute atomic E-state index is 0.372. The zero-order valence-corrected chi connectivity index (χ0v) is 12.0. The molecule has 104 valence electrons. The van der Waals surface area contributed by atoms with Gasteiger partial charge in [-0.25, -0.2) is 5.01 Å². The molecule has 1 aliphatic rings. The van der Waals surface area contributed by atoms with Gasteiger partial charge in [0.2, 0.25) is 0 Å². The zero-order chi connectivity index (χ0) is 13.9. The molecule has 0 saturated carbocycles. The second kappa shape index (κ2) is 5.65. The van der Waals surface area contributed by atoms with Crippen LogP contribution < -0.4 is 10.5 Å². The second-order valence-corrected chi connectivity index (χ2v) is 5.47. The summed E-state index contributed by atoms with van der Waals surface area (Å²) in [5.41, 5.74) is 6.08. The molecule has 1 N–H and O–H groups in total. The quantitative estimate of drug-likeness (QED) is 0.919. The SMILES string of the molecule is CC(C)N1NN(c2ccccc2)CC1c1ccccc1. The molecule has 1 heterocycles. The third kappa shape index (κ3) is 2.55. The molecule has 0 bridgehead atoms. The van der Waals surface area contributed by atoms with Gasteiger partial charge in [0.15, 0.2) is 0 Å². The molecule has 1 fully saturated rings. The van der Waals surface area contributed by atoms with Crippen molar-refractivity contribution >= 4 is 5.69 Å². The molecule has 3 rings (SSSR count). The minimum Gasteiger partial charge on any atom is -0.293 e. The van der Waals surface area contributed by atoms with Gasteiger partial charge < -0.3 is 0 Å². The Morgan fingerprint density at radius 3 is 2.15 bits per heavy atom. The lowest BCUT2D eigenvalue weighted by molar-refractivity contribution is 0.142. The molecule has 0 aliphatic carbocycles. The first kappa shape index (κ1) is 13.2. The van der Waals surface area contributed by atoms with Crippen LogP contribution in [0.15, 0.2) is 60.7 Å². The van der Waals surface area contributed by atoms with Gasteiger partial charge in [-0.1, -0.05) is 48.5 Å². The van der Waals surface area contributed by atoms with Gasteiger partial charge in [-0.2, -0.15) is 5.53 Å². The third-order valence-electron chi connectivity index (χ3n) is 3.74. The summed E-state index contributed by atoms with van der Waals surface area (Å²) in [4.78, 5) is 0. The summed E-state index contributed by atoms with van der Waals surface area (Å²) in [7, 11) is 0. The van der Waals surface area contributed by atoms with E-state index < -0.39 is 0 Å². The standard InChI is InChI=1S/C17H21N3/c1-14(2)20-17(15-9-5-3-6-10-15)13-19(18-20)16-11-7-4-8-12-16/h3-12,14,17-18H,13H2,1-2H3. The van der Waals surface area contributed by atoms with Crippen LogP contribution in [0.5, 0.6) is 0 Å². The van der Waals surface area contributed by atoms with Crippen LogP contribution in [0.25, 0.3) is 0 Å². The first-order chi connectivity index (χ1) is 9.75. The van der Waals surface area contributed by atoms with Gasteiger partial charge in [-0.05, 0) is 31.5 Å². The number of para-hydroxylation sites is 1. The highest BCUT2D eigenvalue weighted by molar-refractivity contribution is 5.46. The smallest absolute Gasteiger partial charge is 0.0704 e. The van der Waals surface area contributed by atoms with Gasteiger partial charge in [0.1, 0.15) is 0 Å². The van der Waals surface area contributed by atoms with Crippen molar-refractivity contribution in [3.05, 3.63) is 66.2 Å². The molecule has 0 radical (unpaired) electrons. The molecule has 0 amide bonds. The number of nitrogens with zero attached hydrogens (tertiary/aromatic N) is 2. The van der Waals surface area contributed by atoms with Crippen molar-refractivity contribution in [2.24, 2.45) is 0 Å². The molecule has 1 saturated heterocycles. The van der Waals surface area contributed by atoms with Gasteiger partial charge >= 0.3 is 0 Å². The molecule has 0 spiro atoms. The first-order valence-corrected chi connectivity index (χ1v) is 7.18. The van der Waals surface area contributed by atoms with Crippen molar-refractivity contribution in [1.82, 2.24) is 10.5 Å². The van der Waals surface area contributed by atoms with Crippen molar-refractivity contribution < 1.29 is 0 Å². The van der Waals surface area contributed by atoms with Gasteiger partial charge in [-0.3, -0.25) is 5.01 Å². The molecule has 1 unspecified atom stereocenters. The summed E-state index contributed by atoms with van der Waals surface area (Å²) in [5, 5.41) is 4.54. The first-order valence-electron chi connectivity index (χ1n) is 7.18. The molecule has 3 nitrogen and oxygen atoms in total. The average Bonchev–Trinajstić information content (AvgIpc) is 2.94. The zero-order valence-electron chi connectivity index (χ0n) is 12.0. The second-order valence-electron chi connectivity index (χ2n) is 5.47. The van der Waals surface area contributed by atoms with Crippen LogP contribution in [0.3, 0.4) is 0 Å². The maximum atomic E-state index is 3.52. The van der Waals surface area contributed by atoms with E-state index in [1.807, 2.05) is 0 Å². The third-order valence-corrected chi connectivity index (χ3v) is 3.74. The number of anilines is 1.